The Labute approximate surface area is 98.2 Å². The number of allylic oxidation sites excluding steroid dienone is 1. The molecule has 1 heteroatoms. The van der Waals surface area contributed by atoms with E-state index in [-0.39, 0.29) is 11.2 Å². The molecule has 0 aliphatic carbocycles. The van der Waals surface area contributed by atoms with Crippen LogP contribution in [-0.4, -0.2) is 5.78 Å². The van der Waals surface area contributed by atoms with Crippen molar-refractivity contribution in [1.82, 2.24) is 0 Å². The molecule has 0 aliphatic heterocycles. The minimum absolute atomic E-state index is 0.00132. The molecule has 0 spiro atoms. The fourth-order valence-electron chi connectivity index (χ4n) is 1.75. The quantitative estimate of drug-likeness (QED) is 0.548. The zero-order valence-corrected chi connectivity index (χ0v) is 10.6. The second-order valence-electron chi connectivity index (χ2n) is 5.35. The summed E-state index contributed by atoms with van der Waals surface area (Å²) in [5.41, 5.74) is 2.86. The van der Waals surface area contributed by atoms with Crippen molar-refractivity contribution in [3.8, 4) is 0 Å². The molecule has 1 aromatic carbocycles. The summed E-state index contributed by atoms with van der Waals surface area (Å²) in [6.07, 6.45) is 0.438. The van der Waals surface area contributed by atoms with Crippen molar-refractivity contribution in [3.05, 3.63) is 47.5 Å². The lowest BCUT2D eigenvalue weighted by atomic mass is 9.82. The SMILES string of the molecule is C=C(C)CC(=O)c1ccccc1C(C)(C)C. The van der Waals surface area contributed by atoms with E-state index in [0.29, 0.717) is 6.42 Å². The van der Waals surface area contributed by atoms with Gasteiger partial charge in [0.2, 0.25) is 0 Å². The van der Waals surface area contributed by atoms with Crippen LogP contribution in [0.5, 0.6) is 0 Å². The summed E-state index contributed by atoms with van der Waals surface area (Å²) in [6.45, 7) is 12.1. The number of carbonyl (C=O) groups is 1. The number of benzene rings is 1. The Kier molecular flexibility index (Phi) is 3.69. The van der Waals surface area contributed by atoms with Gasteiger partial charge in [0, 0.05) is 12.0 Å². The van der Waals surface area contributed by atoms with Gasteiger partial charge in [0.1, 0.15) is 0 Å². The molecule has 0 unspecified atom stereocenters. The Morgan fingerprint density at radius 2 is 1.81 bits per heavy atom. The predicted molar refractivity (Wildman–Crippen MR) is 68.9 cm³/mol. The Bertz CT molecular complexity index is 408. The first-order valence-corrected chi connectivity index (χ1v) is 5.59. The van der Waals surface area contributed by atoms with Crippen LogP contribution in [0.3, 0.4) is 0 Å². The number of hydrogen-bond acceptors (Lipinski definition) is 1. The van der Waals surface area contributed by atoms with Crippen molar-refractivity contribution in [1.29, 1.82) is 0 Å². The fourth-order valence-corrected chi connectivity index (χ4v) is 1.75. The molecule has 0 radical (unpaired) electrons. The van der Waals surface area contributed by atoms with Gasteiger partial charge in [-0.1, -0.05) is 57.2 Å². The summed E-state index contributed by atoms with van der Waals surface area (Å²) >= 11 is 0. The van der Waals surface area contributed by atoms with Gasteiger partial charge < -0.3 is 0 Å². The standard InChI is InChI=1S/C15H20O/c1-11(2)10-14(16)12-8-6-7-9-13(12)15(3,4)5/h6-9H,1,10H2,2-5H3. The fraction of sp³-hybridized carbons (Fsp3) is 0.400. The molecule has 0 fully saturated rings. The van der Waals surface area contributed by atoms with E-state index in [0.717, 1.165) is 16.7 Å². The van der Waals surface area contributed by atoms with Crippen LogP contribution in [0.15, 0.2) is 36.4 Å². The summed E-state index contributed by atoms with van der Waals surface area (Å²) in [4.78, 5) is 12.1. The lowest BCUT2D eigenvalue weighted by Gasteiger charge is -2.22. The summed E-state index contributed by atoms with van der Waals surface area (Å²) < 4.78 is 0. The van der Waals surface area contributed by atoms with E-state index in [1.54, 1.807) is 0 Å². The third kappa shape index (κ3) is 3.06. The maximum atomic E-state index is 12.1. The third-order valence-corrected chi connectivity index (χ3v) is 2.50. The first-order chi connectivity index (χ1) is 7.32. The van der Waals surface area contributed by atoms with E-state index in [4.69, 9.17) is 0 Å². The summed E-state index contributed by atoms with van der Waals surface area (Å²) in [7, 11) is 0. The molecule has 0 aromatic heterocycles. The molecule has 1 aromatic rings. The highest BCUT2D eigenvalue weighted by molar-refractivity contribution is 5.99. The van der Waals surface area contributed by atoms with E-state index in [1.807, 2.05) is 31.2 Å². The molecule has 0 saturated carbocycles. The molecular formula is C15H20O. The van der Waals surface area contributed by atoms with E-state index >= 15 is 0 Å². The van der Waals surface area contributed by atoms with Gasteiger partial charge >= 0.3 is 0 Å². The van der Waals surface area contributed by atoms with E-state index in [9.17, 15) is 4.79 Å². The second-order valence-corrected chi connectivity index (χ2v) is 5.35. The number of carbonyl (C=O) groups excluding carboxylic acids is 1. The van der Waals surface area contributed by atoms with E-state index in [2.05, 4.69) is 27.4 Å². The molecule has 16 heavy (non-hydrogen) atoms. The molecule has 0 amide bonds. The number of hydrogen-bond donors (Lipinski definition) is 0. The van der Waals surface area contributed by atoms with E-state index in [1.165, 1.54) is 0 Å². The smallest absolute Gasteiger partial charge is 0.167 e. The van der Waals surface area contributed by atoms with Gasteiger partial charge in [-0.15, -0.1) is 0 Å². The molecule has 0 aliphatic rings. The molecule has 1 nitrogen and oxygen atoms in total. The van der Waals surface area contributed by atoms with Crippen molar-refractivity contribution in [2.24, 2.45) is 0 Å². The molecule has 1 rings (SSSR count). The predicted octanol–water partition coefficient (Wildman–Crippen LogP) is 4.13. The van der Waals surface area contributed by atoms with Crippen molar-refractivity contribution in [2.75, 3.05) is 0 Å². The largest absolute Gasteiger partial charge is 0.294 e. The Hall–Kier alpha value is -1.37. The van der Waals surface area contributed by atoms with Gasteiger partial charge in [-0.25, -0.2) is 0 Å². The lowest BCUT2D eigenvalue weighted by Crippen LogP contribution is -2.16. The topological polar surface area (TPSA) is 17.1 Å². The van der Waals surface area contributed by atoms with Crippen LogP contribution < -0.4 is 0 Å². The van der Waals surface area contributed by atoms with Crippen molar-refractivity contribution >= 4 is 5.78 Å². The average Bonchev–Trinajstić information content (AvgIpc) is 2.15. The Morgan fingerprint density at radius 3 is 2.31 bits per heavy atom. The van der Waals surface area contributed by atoms with Crippen LogP contribution in [0, 0.1) is 0 Å². The molecule has 0 N–H and O–H groups in total. The summed E-state index contributed by atoms with van der Waals surface area (Å²) in [6, 6.07) is 7.84. The lowest BCUT2D eigenvalue weighted by molar-refractivity contribution is 0.0991. The average molecular weight is 216 g/mol. The van der Waals surface area contributed by atoms with Crippen LogP contribution in [0.1, 0.15) is 50.0 Å². The minimum atomic E-state index is 0.00132. The van der Waals surface area contributed by atoms with Gasteiger partial charge in [-0.2, -0.15) is 0 Å². The third-order valence-electron chi connectivity index (χ3n) is 2.50. The van der Waals surface area contributed by atoms with Crippen LogP contribution in [0.4, 0.5) is 0 Å². The van der Waals surface area contributed by atoms with E-state index < -0.39 is 0 Å². The van der Waals surface area contributed by atoms with Crippen LogP contribution >= 0.6 is 0 Å². The van der Waals surface area contributed by atoms with Crippen molar-refractivity contribution in [3.63, 3.8) is 0 Å². The van der Waals surface area contributed by atoms with Crippen LogP contribution in [-0.2, 0) is 5.41 Å². The Balaban J connectivity index is 3.14. The highest BCUT2D eigenvalue weighted by Crippen LogP contribution is 2.26. The number of Topliss-reactive ketones (excluding diaryl/α,β-unsaturated/α-hetero) is 1. The first kappa shape index (κ1) is 12.7. The monoisotopic (exact) mass is 216 g/mol. The van der Waals surface area contributed by atoms with Crippen LogP contribution in [0.2, 0.25) is 0 Å². The Morgan fingerprint density at radius 1 is 1.25 bits per heavy atom. The van der Waals surface area contributed by atoms with Gasteiger partial charge in [-0.3, -0.25) is 4.79 Å². The molecule has 0 heterocycles. The minimum Gasteiger partial charge on any atom is -0.294 e. The number of rotatable bonds is 3. The van der Waals surface area contributed by atoms with Gasteiger partial charge in [-0.05, 0) is 17.9 Å². The normalized spacial score (nSPS) is 11.2. The highest BCUT2D eigenvalue weighted by atomic mass is 16.1. The maximum absolute atomic E-state index is 12.1. The molecule has 0 bridgehead atoms. The van der Waals surface area contributed by atoms with Gasteiger partial charge in [0.05, 0.1) is 0 Å². The summed E-state index contributed by atoms with van der Waals surface area (Å²) in [5.74, 6) is 0.165. The van der Waals surface area contributed by atoms with Gasteiger partial charge in [0.15, 0.2) is 5.78 Å². The van der Waals surface area contributed by atoms with Crippen LogP contribution in [0.25, 0.3) is 0 Å². The second kappa shape index (κ2) is 4.65. The molecule has 0 atom stereocenters. The maximum Gasteiger partial charge on any atom is 0.167 e. The first-order valence-electron chi connectivity index (χ1n) is 5.59. The summed E-state index contributed by atoms with van der Waals surface area (Å²) in [5, 5.41) is 0. The van der Waals surface area contributed by atoms with Crippen molar-refractivity contribution in [2.45, 2.75) is 39.5 Å². The molecular weight excluding hydrogens is 196 g/mol. The van der Waals surface area contributed by atoms with Crippen molar-refractivity contribution < 1.29 is 4.79 Å². The zero-order valence-electron chi connectivity index (χ0n) is 10.6. The zero-order chi connectivity index (χ0) is 12.3. The highest BCUT2D eigenvalue weighted by Gasteiger charge is 2.20. The molecule has 0 saturated heterocycles. The number of ketones is 1. The molecule has 86 valence electrons. The van der Waals surface area contributed by atoms with Gasteiger partial charge in [0.25, 0.3) is 0 Å².